The minimum absolute atomic E-state index is 0.0533. The van der Waals surface area contributed by atoms with E-state index in [0.29, 0.717) is 0 Å². The highest BCUT2D eigenvalue weighted by Gasteiger charge is 2.37. The fourth-order valence-corrected chi connectivity index (χ4v) is 2.99. The number of nitrogens with one attached hydrogen (secondary N) is 1. The van der Waals surface area contributed by atoms with Gasteiger partial charge in [-0.3, -0.25) is 9.59 Å². The van der Waals surface area contributed by atoms with E-state index in [1.807, 2.05) is 0 Å². The standard InChI is InChI=1S/C19H26F3NO5/c1-4-23-15-11-14(27-3)10-13(18(15)19(20,21)22)8-12(6-7-16(24)25)9-17(26)28-5-2/h10-12,23H,4-9H2,1-3H3,(H,24,25). The van der Waals surface area contributed by atoms with Crippen molar-refractivity contribution in [2.24, 2.45) is 5.92 Å². The zero-order chi connectivity index (χ0) is 21.3. The number of benzene rings is 1. The Balaban J connectivity index is 3.31. The van der Waals surface area contributed by atoms with E-state index in [9.17, 15) is 22.8 Å². The van der Waals surface area contributed by atoms with E-state index >= 15 is 0 Å². The van der Waals surface area contributed by atoms with Crippen molar-refractivity contribution >= 4 is 17.6 Å². The number of methoxy groups -OCH3 is 1. The predicted molar refractivity (Wildman–Crippen MR) is 97.5 cm³/mol. The summed E-state index contributed by atoms with van der Waals surface area (Å²) < 4.78 is 51.2. The third kappa shape index (κ3) is 7.28. The molecule has 1 aromatic rings. The molecule has 1 rings (SSSR count). The van der Waals surface area contributed by atoms with E-state index in [0.717, 1.165) is 0 Å². The number of alkyl halides is 3. The Morgan fingerprint density at radius 1 is 1.25 bits per heavy atom. The first-order valence-electron chi connectivity index (χ1n) is 9.01. The van der Waals surface area contributed by atoms with Crippen LogP contribution in [-0.2, 0) is 26.9 Å². The molecule has 1 atom stereocenters. The number of carbonyl (C=O) groups excluding carboxylic acids is 1. The first-order valence-corrected chi connectivity index (χ1v) is 9.01. The van der Waals surface area contributed by atoms with Crippen molar-refractivity contribution < 1.29 is 37.3 Å². The van der Waals surface area contributed by atoms with Gasteiger partial charge in [-0.1, -0.05) is 0 Å². The van der Waals surface area contributed by atoms with Crippen LogP contribution in [0.4, 0.5) is 18.9 Å². The van der Waals surface area contributed by atoms with Crippen molar-refractivity contribution in [1.29, 1.82) is 0 Å². The number of hydrogen-bond acceptors (Lipinski definition) is 5. The summed E-state index contributed by atoms with van der Waals surface area (Å²) in [5.74, 6) is -2.02. The van der Waals surface area contributed by atoms with Crippen LogP contribution in [-0.4, -0.2) is 37.3 Å². The van der Waals surface area contributed by atoms with Crippen LogP contribution in [0.1, 0.15) is 44.2 Å². The van der Waals surface area contributed by atoms with Gasteiger partial charge in [0.25, 0.3) is 0 Å². The summed E-state index contributed by atoms with van der Waals surface area (Å²) in [6.45, 7) is 3.72. The smallest absolute Gasteiger partial charge is 0.418 e. The first-order chi connectivity index (χ1) is 13.1. The number of esters is 1. The molecule has 0 bridgehead atoms. The number of halogens is 3. The van der Waals surface area contributed by atoms with Gasteiger partial charge in [0.15, 0.2) is 0 Å². The number of hydrogen-bond donors (Lipinski definition) is 2. The van der Waals surface area contributed by atoms with Gasteiger partial charge in [-0.15, -0.1) is 0 Å². The fraction of sp³-hybridized carbons (Fsp3) is 0.579. The zero-order valence-electron chi connectivity index (χ0n) is 16.2. The Hall–Kier alpha value is -2.45. The Morgan fingerprint density at radius 3 is 2.43 bits per heavy atom. The zero-order valence-corrected chi connectivity index (χ0v) is 16.2. The molecule has 0 saturated heterocycles. The molecule has 2 N–H and O–H groups in total. The third-order valence-electron chi connectivity index (χ3n) is 4.12. The molecule has 0 amide bonds. The third-order valence-corrected chi connectivity index (χ3v) is 4.12. The summed E-state index contributed by atoms with van der Waals surface area (Å²) in [6.07, 6.45) is -5.11. The summed E-state index contributed by atoms with van der Waals surface area (Å²) in [4.78, 5) is 22.7. The van der Waals surface area contributed by atoms with Crippen LogP contribution in [0, 0.1) is 5.92 Å². The van der Waals surface area contributed by atoms with E-state index in [1.165, 1.54) is 19.2 Å². The lowest BCUT2D eigenvalue weighted by molar-refractivity contribution is -0.145. The largest absolute Gasteiger partial charge is 0.497 e. The van der Waals surface area contributed by atoms with Gasteiger partial charge < -0.3 is 19.9 Å². The lowest BCUT2D eigenvalue weighted by Gasteiger charge is -2.22. The quantitative estimate of drug-likeness (QED) is 0.539. The highest BCUT2D eigenvalue weighted by Crippen LogP contribution is 2.41. The SMILES string of the molecule is CCNc1cc(OC)cc(CC(CCC(=O)O)CC(=O)OCC)c1C(F)(F)F. The van der Waals surface area contributed by atoms with E-state index in [2.05, 4.69) is 5.32 Å². The molecule has 28 heavy (non-hydrogen) atoms. The molecule has 0 heterocycles. The molecule has 1 unspecified atom stereocenters. The van der Waals surface area contributed by atoms with E-state index in [-0.39, 0.29) is 55.8 Å². The van der Waals surface area contributed by atoms with Crippen molar-refractivity contribution in [2.75, 3.05) is 25.6 Å². The summed E-state index contributed by atoms with van der Waals surface area (Å²) in [5.41, 5.74) is -1.00. The van der Waals surface area contributed by atoms with E-state index < -0.39 is 29.6 Å². The molecule has 9 heteroatoms. The predicted octanol–water partition coefficient (Wildman–Crippen LogP) is 4.12. The Morgan fingerprint density at radius 2 is 1.93 bits per heavy atom. The van der Waals surface area contributed by atoms with Gasteiger partial charge in [-0.25, -0.2) is 0 Å². The van der Waals surface area contributed by atoms with E-state index in [1.54, 1.807) is 13.8 Å². The van der Waals surface area contributed by atoms with Crippen LogP contribution in [0.5, 0.6) is 5.75 Å². The first kappa shape index (κ1) is 23.6. The molecule has 0 aliphatic carbocycles. The van der Waals surface area contributed by atoms with Crippen molar-refractivity contribution in [1.82, 2.24) is 0 Å². The number of carbonyl (C=O) groups is 2. The van der Waals surface area contributed by atoms with Crippen molar-refractivity contribution in [3.8, 4) is 5.75 Å². The Labute approximate surface area is 162 Å². The second kappa shape index (κ2) is 10.8. The van der Waals surface area contributed by atoms with Gasteiger partial charge in [0.2, 0.25) is 0 Å². The van der Waals surface area contributed by atoms with Crippen LogP contribution in [0.25, 0.3) is 0 Å². The van der Waals surface area contributed by atoms with Gasteiger partial charge in [0, 0.05) is 25.5 Å². The van der Waals surface area contributed by atoms with Crippen LogP contribution < -0.4 is 10.1 Å². The molecule has 6 nitrogen and oxygen atoms in total. The van der Waals surface area contributed by atoms with Gasteiger partial charge >= 0.3 is 18.1 Å². The molecule has 0 spiro atoms. The summed E-state index contributed by atoms with van der Waals surface area (Å²) in [5, 5.41) is 11.6. The maximum atomic E-state index is 13.7. The van der Waals surface area contributed by atoms with Crippen molar-refractivity contribution in [3.05, 3.63) is 23.3 Å². The maximum absolute atomic E-state index is 13.7. The molecule has 0 aromatic heterocycles. The minimum Gasteiger partial charge on any atom is -0.497 e. The fourth-order valence-electron chi connectivity index (χ4n) is 2.99. The summed E-state index contributed by atoms with van der Waals surface area (Å²) >= 11 is 0. The second-order valence-corrected chi connectivity index (χ2v) is 6.25. The number of carboxylic acids is 1. The Bertz CT molecular complexity index is 676. The molecule has 0 aliphatic rings. The van der Waals surface area contributed by atoms with Crippen molar-refractivity contribution in [2.45, 2.75) is 45.7 Å². The number of aliphatic carboxylic acids is 1. The van der Waals surface area contributed by atoms with Crippen LogP contribution in [0.3, 0.4) is 0 Å². The van der Waals surface area contributed by atoms with Gasteiger partial charge in [-0.05, 0) is 44.2 Å². The van der Waals surface area contributed by atoms with Gasteiger partial charge in [-0.2, -0.15) is 13.2 Å². The van der Waals surface area contributed by atoms with Crippen LogP contribution in [0.2, 0.25) is 0 Å². The lowest BCUT2D eigenvalue weighted by Crippen LogP contribution is -2.19. The number of rotatable bonds is 11. The molecular weight excluding hydrogens is 379 g/mol. The van der Waals surface area contributed by atoms with Gasteiger partial charge in [0.05, 0.1) is 25.0 Å². The summed E-state index contributed by atoms with van der Waals surface area (Å²) in [7, 11) is 1.35. The number of anilines is 1. The van der Waals surface area contributed by atoms with Crippen LogP contribution in [0.15, 0.2) is 12.1 Å². The topological polar surface area (TPSA) is 84.9 Å². The van der Waals surface area contributed by atoms with Crippen molar-refractivity contribution in [3.63, 3.8) is 0 Å². The molecule has 158 valence electrons. The molecule has 0 fully saturated rings. The van der Waals surface area contributed by atoms with Gasteiger partial charge in [0.1, 0.15) is 5.75 Å². The highest BCUT2D eigenvalue weighted by molar-refractivity contribution is 5.70. The second-order valence-electron chi connectivity index (χ2n) is 6.25. The normalized spacial score (nSPS) is 12.4. The average Bonchev–Trinajstić information content (AvgIpc) is 2.58. The molecular formula is C19H26F3NO5. The minimum atomic E-state index is -4.62. The Kier molecular flexibility index (Phi) is 9.08. The average molecular weight is 405 g/mol. The van der Waals surface area contributed by atoms with E-state index in [4.69, 9.17) is 14.6 Å². The molecule has 1 aromatic carbocycles. The maximum Gasteiger partial charge on any atom is 0.418 e. The summed E-state index contributed by atoms with van der Waals surface area (Å²) in [6, 6.07) is 2.55. The lowest BCUT2D eigenvalue weighted by atomic mass is 9.88. The molecule has 0 saturated carbocycles. The number of carboxylic acid groups (broad SMARTS) is 1. The highest BCUT2D eigenvalue weighted by atomic mass is 19.4. The number of ether oxygens (including phenoxy) is 2. The van der Waals surface area contributed by atoms with Crippen LogP contribution >= 0.6 is 0 Å². The monoisotopic (exact) mass is 405 g/mol. The molecule has 0 radical (unpaired) electrons. The molecule has 0 aliphatic heterocycles.